The molecule has 3 fully saturated rings. The summed E-state index contributed by atoms with van der Waals surface area (Å²) >= 11 is 0. The second kappa shape index (κ2) is 13.8. The van der Waals surface area contributed by atoms with Crippen molar-refractivity contribution < 1.29 is 19.1 Å². The lowest BCUT2D eigenvalue weighted by Gasteiger charge is -2.39. The highest BCUT2D eigenvalue weighted by Crippen LogP contribution is 2.37. The zero-order valence-electron chi connectivity index (χ0n) is 25.7. The van der Waals surface area contributed by atoms with Gasteiger partial charge >= 0.3 is 6.03 Å². The van der Waals surface area contributed by atoms with Gasteiger partial charge in [-0.05, 0) is 74.9 Å². The van der Waals surface area contributed by atoms with Crippen molar-refractivity contribution in [1.82, 2.24) is 25.0 Å². The lowest BCUT2D eigenvalue weighted by molar-refractivity contribution is 0.0493. The number of benzene rings is 2. The van der Waals surface area contributed by atoms with Gasteiger partial charge in [-0.2, -0.15) is 0 Å². The molecule has 1 atom stereocenters. The number of aromatic nitrogens is 1. The molecule has 3 saturated heterocycles. The van der Waals surface area contributed by atoms with Crippen molar-refractivity contribution in [3.05, 3.63) is 89.6 Å². The minimum atomic E-state index is -0.0990. The summed E-state index contributed by atoms with van der Waals surface area (Å²) in [7, 11) is 0. The molecule has 0 radical (unpaired) electrons. The number of rotatable bonds is 9. The molecule has 44 heavy (non-hydrogen) atoms. The molecule has 0 saturated carbocycles. The first-order valence-corrected chi connectivity index (χ1v) is 15.9. The maximum Gasteiger partial charge on any atom is 0.321 e. The first-order valence-electron chi connectivity index (χ1n) is 15.9. The summed E-state index contributed by atoms with van der Waals surface area (Å²) in [5.41, 5.74) is 2.94. The van der Waals surface area contributed by atoms with Crippen molar-refractivity contribution in [1.29, 1.82) is 0 Å². The van der Waals surface area contributed by atoms with Gasteiger partial charge < -0.3 is 24.6 Å². The Morgan fingerprint density at radius 3 is 2.34 bits per heavy atom. The quantitative estimate of drug-likeness (QED) is 0.344. The van der Waals surface area contributed by atoms with Crippen molar-refractivity contribution >= 4 is 11.9 Å². The zero-order valence-corrected chi connectivity index (χ0v) is 25.7. The van der Waals surface area contributed by atoms with Gasteiger partial charge in [0.2, 0.25) is 5.88 Å². The van der Waals surface area contributed by atoms with Crippen LogP contribution in [0.3, 0.4) is 0 Å². The summed E-state index contributed by atoms with van der Waals surface area (Å²) in [5, 5.41) is 2.89. The third-order valence-electron chi connectivity index (χ3n) is 8.90. The normalized spacial score (nSPS) is 20.3. The predicted molar refractivity (Wildman–Crippen MR) is 169 cm³/mol. The van der Waals surface area contributed by atoms with Crippen molar-refractivity contribution in [2.75, 3.05) is 32.8 Å². The zero-order chi connectivity index (χ0) is 30.5. The van der Waals surface area contributed by atoms with Gasteiger partial charge in [-0.1, -0.05) is 36.4 Å². The molecular formula is C35H43N5O4. The molecule has 0 unspecified atom stereocenters. The smallest absolute Gasteiger partial charge is 0.321 e. The Balaban J connectivity index is 1.03. The summed E-state index contributed by atoms with van der Waals surface area (Å²) in [5.74, 6) is 1.05. The predicted octanol–water partition coefficient (Wildman–Crippen LogP) is 5.63. The Morgan fingerprint density at radius 2 is 1.68 bits per heavy atom. The van der Waals surface area contributed by atoms with E-state index in [4.69, 9.17) is 9.47 Å². The third kappa shape index (κ3) is 7.05. The minimum Gasteiger partial charge on any atom is -0.439 e. The van der Waals surface area contributed by atoms with Crippen molar-refractivity contribution in [3.8, 4) is 11.6 Å². The molecule has 3 aliphatic rings. The first-order chi connectivity index (χ1) is 21.4. The Kier molecular flexibility index (Phi) is 9.43. The molecule has 3 amide bonds. The number of amides is 3. The fourth-order valence-electron chi connectivity index (χ4n) is 6.61. The second-order valence-corrected chi connectivity index (χ2v) is 12.4. The number of hydrogen-bond donors (Lipinski definition) is 1. The van der Waals surface area contributed by atoms with Gasteiger partial charge in [-0.3, -0.25) is 9.69 Å². The van der Waals surface area contributed by atoms with Gasteiger partial charge in [0, 0.05) is 75.3 Å². The summed E-state index contributed by atoms with van der Waals surface area (Å²) < 4.78 is 11.5. The van der Waals surface area contributed by atoms with E-state index in [9.17, 15) is 9.59 Å². The lowest BCUT2D eigenvalue weighted by atomic mass is 9.99. The molecule has 0 bridgehead atoms. The van der Waals surface area contributed by atoms with Gasteiger partial charge in [0.1, 0.15) is 5.75 Å². The first kappa shape index (κ1) is 30.1. The number of likely N-dealkylation sites (tertiary alicyclic amines) is 1. The van der Waals surface area contributed by atoms with Crippen molar-refractivity contribution in [3.63, 3.8) is 0 Å². The summed E-state index contributed by atoms with van der Waals surface area (Å²) in [6.45, 7) is 8.77. The van der Waals surface area contributed by atoms with E-state index in [1.54, 1.807) is 24.3 Å². The Bertz CT molecular complexity index is 1380. The molecule has 3 aromatic rings. The van der Waals surface area contributed by atoms with E-state index in [0.717, 1.165) is 70.6 Å². The number of pyridine rings is 1. The molecule has 1 N–H and O–H groups in total. The number of hydrogen-bond acceptors (Lipinski definition) is 6. The lowest BCUT2D eigenvalue weighted by Crippen LogP contribution is -2.48. The molecule has 3 aliphatic heterocycles. The Labute approximate surface area is 260 Å². The van der Waals surface area contributed by atoms with Gasteiger partial charge in [0.05, 0.1) is 6.04 Å². The molecular weight excluding hydrogens is 554 g/mol. The Hall–Kier alpha value is -3.95. The number of nitrogens with zero attached hydrogens (tertiary/aromatic N) is 4. The molecule has 9 nitrogen and oxygen atoms in total. The number of piperidine rings is 1. The molecule has 0 spiro atoms. The Morgan fingerprint density at radius 1 is 0.955 bits per heavy atom. The third-order valence-corrected chi connectivity index (χ3v) is 8.90. The number of ether oxygens (including phenoxy) is 2. The number of carbonyl (C=O) groups is 2. The molecule has 4 heterocycles. The molecule has 2 aromatic carbocycles. The monoisotopic (exact) mass is 597 g/mol. The number of urea groups is 1. The van der Waals surface area contributed by atoms with Gasteiger partial charge in [-0.15, -0.1) is 0 Å². The number of carbonyl (C=O) groups excluding carboxylic acids is 2. The summed E-state index contributed by atoms with van der Waals surface area (Å²) in [6, 6.07) is 22.4. The summed E-state index contributed by atoms with van der Waals surface area (Å²) in [6.07, 6.45) is 5.61. The van der Waals surface area contributed by atoms with Crippen LogP contribution >= 0.6 is 0 Å². The number of nitrogens with one attached hydrogen (secondary N) is 1. The highest BCUT2D eigenvalue weighted by molar-refractivity contribution is 5.94. The largest absolute Gasteiger partial charge is 0.439 e. The molecule has 9 heteroatoms. The van der Waals surface area contributed by atoms with E-state index in [1.807, 2.05) is 32.2 Å². The fourth-order valence-corrected chi connectivity index (χ4v) is 6.61. The fraction of sp³-hybridized carbons (Fsp3) is 0.457. The molecule has 1 aromatic heterocycles. The van der Waals surface area contributed by atoms with E-state index in [1.165, 1.54) is 5.56 Å². The van der Waals surface area contributed by atoms with Crippen LogP contribution in [0.15, 0.2) is 72.9 Å². The summed E-state index contributed by atoms with van der Waals surface area (Å²) in [4.78, 5) is 37.3. The standard InChI is InChI=1S/C35H43N5O4/c1-25(2)37-34(41)28-9-11-31(12-10-28)44-33-13-8-26(22-36-33)23-38-18-14-30(15-19-38)40-32(27-6-4-3-5-7-27)24-39(35(40)42)29-16-20-43-21-17-29/h3-13,22,25,29-30,32H,14-21,23-24H2,1-2H3,(H,37,41)/t32-/m0/s1. The van der Waals surface area contributed by atoms with Crippen LogP contribution in [0, 0.1) is 0 Å². The van der Waals surface area contributed by atoms with Gasteiger partial charge in [0.15, 0.2) is 0 Å². The minimum absolute atomic E-state index is 0.0851. The highest BCUT2D eigenvalue weighted by Gasteiger charge is 2.45. The van der Waals surface area contributed by atoms with E-state index < -0.39 is 0 Å². The van der Waals surface area contributed by atoms with Crippen LogP contribution < -0.4 is 10.1 Å². The molecule has 0 aliphatic carbocycles. The van der Waals surface area contributed by atoms with Crippen LogP contribution in [-0.4, -0.2) is 82.6 Å². The second-order valence-electron chi connectivity index (χ2n) is 12.4. The van der Waals surface area contributed by atoms with Crippen LogP contribution in [0.2, 0.25) is 0 Å². The van der Waals surface area contributed by atoms with Crippen molar-refractivity contribution in [2.45, 2.75) is 70.2 Å². The maximum atomic E-state index is 13.9. The maximum absolute atomic E-state index is 13.9. The average Bonchev–Trinajstić information content (AvgIpc) is 3.40. The van der Waals surface area contributed by atoms with Gasteiger partial charge in [0.25, 0.3) is 5.91 Å². The van der Waals surface area contributed by atoms with E-state index in [-0.39, 0.29) is 36.1 Å². The van der Waals surface area contributed by atoms with Crippen LogP contribution in [0.5, 0.6) is 11.6 Å². The van der Waals surface area contributed by atoms with Crippen LogP contribution in [0.25, 0.3) is 0 Å². The SMILES string of the molecule is CC(C)NC(=O)c1ccc(Oc2ccc(CN3CCC(N4C(=O)N(C5CCOCC5)C[C@H]4c4ccccc4)CC3)cn2)cc1. The van der Waals surface area contributed by atoms with E-state index in [0.29, 0.717) is 17.2 Å². The van der Waals surface area contributed by atoms with Crippen LogP contribution in [0.1, 0.15) is 67.1 Å². The van der Waals surface area contributed by atoms with Crippen LogP contribution in [0.4, 0.5) is 4.79 Å². The van der Waals surface area contributed by atoms with Gasteiger partial charge in [-0.25, -0.2) is 9.78 Å². The van der Waals surface area contributed by atoms with Crippen molar-refractivity contribution in [2.24, 2.45) is 0 Å². The van der Waals surface area contributed by atoms with E-state index in [2.05, 4.69) is 55.3 Å². The van der Waals surface area contributed by atoms with Crippen LogP contribution in [-0.2, 0) is 11.3 Å². The average molecular weight is 598 g/mol. The van der Waals surface area contributed by atoms with E-state index >= 15 is 0 Å². The molecule has 6 rings (SSSR count). The topological polar surface area (TPSA) is 87.2 Å². The molecule has 232 valence electrons. The highest BCUT2D eigenvalue weighted by atomic mass is 16.5.